The van der Waals surface area contributed by atoms with Crippen LogP contribution in [0.25, 0.3) is 0 Å². The number of methoxy groups -OCH3 is 1. The molecule has 0 aromatic carbocycles. The Labute approximate surface area is 84.8 Å². The largest absolute Gasteiger partial charge is 0.465 e. The molecule has 0 bridgehead atoms. The van der Waals surface area contributed by atoms with Gasteiger partial charge in [0.15, 0.2) is 0 Å². The van der Waals surface area contributed by atoms with E-state index in [9.17, 15) is 4.79 Å². The maximum Gasteiger partial charge on any atom is 0.323 e. The van der Waals surface area contributed by atoms with Gasteiger partial charge in [0.1, 0.15) is 5.92 Å². The molecule has 0 aliphatic carbocycles. The van der Waals surface area contributed by atoms with Crippen molar-refractivity contribution in [2.45, 2.75) is 26.2 Å². The number of esters is 1. The third kappa shape index (κ3) is 5.55. The van der Waals surface area contributed by atoms with Gasteiger partial charge in [-0.3, -0.25) is 4.79 Å². The molecule has 0 aliphatic heterocycles. The van der Waals surface area contributed by atoms with E-state index < -0.39 is 11.9 Å². The van der Waals surface area contributed by atoms with Gasteiger partial charge < -0.3 is 9.47 Å². The van der Waals surface area contributed by atoms with Crippen molar-refractivity contribution in [2.75, 3.05) is 20.3 Å². The molecule has 0 spiro atoms. The Morgan fingerprint density at radius 2 is 2.21 bits per heavy atom. The first-order valence-electron chi connectivity index (χ1n) is 4.81. The van der Waals surface area contributed by atoms with Gasteiger partial charge in [-0.1, -0.05) is 0 Å². The van der Waals surface area contributed by atoms with Crippen molar-refractivity contribution in [3.63, 3.8) is 0 Å². The molecule has 4 nitrogen and oxygen atoms in total. The zero-order valence-corrected chi connectivity index (χ0v) is 8.78. The Kier molecular flexibility index (Phi) is 7.86. The van der Waals surface area contributed by atoms with Crippen molar-refractivity contribution in [2.24, 2.45) is 5.92 Å². The molecule has 0 amide bonds. The van der Waals surface area contributed by atoms with Crippen LogP contribution in [-0.4, -0.2) is 26.3 Å². The topological polar surface area (TPSA) is 59.3 Å². The summed E-state index contributed by atoms with van der Waals surface area (Å²) in [5, 5.41) is 8.70. The predicted molar refractivity (Wildman–Crippen MR) is 51.5 cm³/mol. The van der Waals surface area contributed by atoms with Gasteiger partial charge in [-0.25, -0.2) is 0 Å². The number of rotatable bonds is 7. The van der Waals surface area contributed by atoms with Gasteiger partial charge in [0.2, 0.25) is 0 Å². The summed E-state index contributed by atoms with van der Waals surface area (Å²) in [5.74, 6) is -1.03. The van der Waals surface area contributed by atoms with E-state index in [1.54, 1.807) is 14.0 Å². The summed E-state index contributed by atoms with van der Waals surface area (Å²) < 4.78 is 9.63. The molecule has 0 N–H and O–H groups in total. The third-order valence-corrected chi connectivity index (χ3v) is 1.82. The van der Waals surface area contributed by atoms with Crippen molar-refractivity contribution < 1.29 is 14.3 Å². The summed E-state index contributed by atoms with van der Waals surface area (Å²) in [4.78, 5) is 11.2. The number of nitriles is 1. The first-order chi connectivity index (χ1) is 6.76. The molecule has 0 radical (unpaired) electrons. The predicted octanol–water partition coefficient (Wildman–Crippen LogP) is 1.51. The maximum absolute atomic E-state index is 11.2. The normalized spacial score (nSPS) is 11.8. The molecule has 1 atom stereocenters. The van der Waals surface area contributed by atoms with Crippen LogP contribution < -0.4 is 0 Å². The molecule has 0 fully saturated rings. The van der Waals surface area contributed by atoms with Gasteiger partial charge in [0, 0.05) is 13.7 Å². The molecule has 0 saturated carbocycles. The summed E-state index contributed by atoms with van der Waals surface area (Å²) in [6.07, 6.45) is 2.23. The van der Waals surface area contributed by atoms with Crippen molar-refractivity contribution >= 4 is 5.97 Å². The van der Waals surface area contributed by atoms with Crippen molar-refractivity contribution in [3.8, 4) is 6.07 Å². The Balaban J connectivity index is 3.69. The molecule has 4 heteroatoms. The summed E-state index contributed by atoms with van der Waals surface area (Å²) in [6, 6.07) is 1.95. The maximum atomic E-state index is 11.2. The number of unbranched alkanes of at least 4 members (excludes halogenated alkanes) is 1. The van der Waals surface area contributed by atoms with E-state index in [1.165, 1.54) is 0 Å². The van der Waals surface area contributed by atoms with Crippen LogP contribution in [-0.2, 0) is 14.3 Å². The second-order valence-corrected chi connectivity index (χ2v) is 2.92. The highest BCUT2D eigenvalue weighted by Gasteiger charge is 2.17. The zero-order valence-electron chi connectivity index (χ0n) is 8.78. The van der Waals surface area contributed by atoms with Crippen LogP contribution in [0.15, 0.2) is 0 Å². The summed E-state index contributed by atoms with van der Waals surface area (Å²) in [7, 11) is 1.63. The van der Waals surface area contributed by atoms with Crippen LogP contribution >= 0.6 is 0 Å². The average Bonchev–Trinajstić information content (AvgIpc) is 2.18. The fourth-order valence-electron chi connectivity index (χ4n) is 1.07. The monoisotopic (exact) mass is 199 g/mol. The number of carbonyl (C=O) groups is 1. The van der Waals surface area contributed by atoms with Crippen LogP contribution in [0.2, 0.25) is 0 Å². The number of carbonyl (C=O) groups excluding carboxylic acids is 1. The fourth-order valence-corrected chi connectivity index (χ4v) is 1.07. The van der Waals surface area contributed by atoms with E-state index in [0.717, 1.165) is 12.8 Å². The Morgan fingerprint density at radius 3 is 2.71 bits per heavy atom. The second-order valence-electron chi connectivity index (χ2n) is 2.92. The zero-order chi connectivity index (χ0) is 10.8. The number of hydrogen-bond acceptors (Lipinski definition) is 4. The Morgan fingerprint density at radius 1 is 1.50 bits per heavy atom. The summed E-state index contributed by atoms with van der Waals surface area (Å²) in [6.45, 7) is 2.73. The van der Waals surface area contributed by atoms with Crippen LogP contribution in [0.4, 0.5) is 0 Å². The van der Waals surface area contributed by atoms with Gasteiger partial charge in [0.25, 0.3) is 0 Å². The van der Waals surface area contributed by atoms with Crippen LogP contribution in [0, 0.1) is 17.2 Å². The molecule has 0 saturated heterocycles. The van der Waals surface area contributed by atoms with E-state index >= 15 is 0 Å². The first kappa shape index (κ1) is 12.9. The smallest absolute Gasteiger partial charge is 0.323 e. The SMILES string of the molecule is CCOC(=O)C(C#N)CCCCOC. The van der Waals surface area contributed by atoms with Crippen molar-refractivity contribution in [1.29, 1.82) is 5.26 Å². The lowest BCUT2D eigenvalue weighted by Gasteiger charge is -2.07. The van der Waals surface area contributed by atoms with Crippen molar-refractivity contribution in [1.82, 2.24) is 0 Å². The fraction of sp³-hybridized carbons (Fsp3) is 0.800. The van der Waals surface area contributed by atoms with Crippen LogP contribution in [0.3, 0.4) is 0 Å². The highest BCUT2D eigenvalue weighted by Crippen LogP contribution is 2.09. The lowest BCUT2D eigenvalue weighted by Crippen LogP contribution is -2.16. The molecular formula is C10H17NO3. The van der Waals surface area contributed by atoms with E-state index in [0.29, 0.717) is 19.6 Å². The molecule has 1 unspecified atom stereocenters. The second kappa shape index (κ2) is 8.52. The Bertz CT molecular complexity index is 198. The van der Waals surface area contributed by atoms with Crippen molar-refractivity contribution in [3.05, 3.63) is 0 Å². The van der Waals surface area contributed by atoms with Crippen LogP contribution in [0.1, 0.15) is 26.2 Å². The number of ether oxygens (including phenoxy) is 2. The van der Waals surface area contributed by atoms with Gasteiger partial charge in [-0.2, -0.15) is 5.26 Å². The number of nitrogens with zero attached hydrogens (tertiary/aromatic N) is 1. The average molecular weight is 199 g/mol. The minimum absolute atomic E-state index is 0.328. The molecule has 14 heavy (non-hydrogen) atoms. The highest BCUT2D eigenvalue weighted by molar-refractivity contribution is 5.75. The minimum atomic E-state index is -0.619. The molecule has 0 aromatic rings. The third-order valence-electron chi connectivity index (χ3n) is 1.82. The minimum Gasteiger partial charge on any atom is -0.465 e. The van der Waals surface area contributed by atoms with Gasteiger partial charge in [-0.15, -0.1) is 0 Å². The molecule has 0 rings (SSSR count). The molecule has 0 aliphatic rings. The highest BCUT2D eigenvalue weighted by atomic mass is 16.5. The quantitative estimate of drug-likeness (QED) is 0.460. The standard InChI is InChI=1S/C10H17NO3/c1-3-14-10(12)9(8-11)6-4-5-7-13-2/h9H,3-7H2,1-2H3. The van der Waals surface area contributed by atoms with E-state index in [2.05, 4.69) is 0 Å². The van der Waals surface area contributed by atoms with Gasteiger partial charge in [-0.05, 0) is 26.2 Å². The summed E-state index contributed by atoms with van der Waals surface area (Å²) >= 11 is 0. The van der Waals surface area contributed by atoms with Gasteiger partial charge >= 0.3 is 5.97 Å². The van der Waals surface area contributed by atoms with Crippen LogP contribution in [0.5, 0.6) is 0 Å². The van der Waals surface area contributed by atoms with E-state index in [-0.39, 0.29) is 0 Å². The molecule has 80 valence electrons. The Hall–Kier alpha value is -1.08. The summed E-state index contributed by atoms with van der Waals surface area (Å²) in [5.41, 5.74) is 0. The molecule has 0 heterocycles. The van der Waals surface area contributed by atoms with E-state index in [4.69, 9.17) is 14.7 Å². The lowest BCUT2D eigenvalue weighted by atomic mass is 10.0. The van der Waals surface area contributed by atoms with Gasteiger partial charge in [0.05, 0.1) is 12.7 Å². The van der Waals surface area contributed by atoms with E-state index in [1.807, 2.05) is 6.07 Å². The molecule has 0 aromatic heterocycles. The number of hydrogen-bond donors (Lipinski definition) is 0. The molecular weight excluding hydrogens is 182 g/mol. The lowest BCUT2D eigenvalue weighted by molar-refractivity contribution is -0.146. The first-order valence-corrected chi connectivity index (χ1v) is 4.81.